The van der Waals surface area contributed by atoms with E-state index >= 15 is 4.39 Å². The highest BCUT2D eigenvalue weighted by molar-refractivity contribution is 5.83. The van der Waals surface area contributed by atoms with Gasteiger partial charge in [-0.1, -0.05) is 0 Å². The summed E-state index contributed by atoms with van der Waals surface area (Å²) >= 11 is 0. The number of methoxy groups -OCH3 is 1. The summed E-state index contributed by atoms with van der Waals surface area (Å²) in [6.45, 7) is 2.91. The van der Waals surface area contributed by atoms with Gasteiger partial charge in [0.25, 0.3) is 0 Å². The number of likely N-dealkylation sites (tertiary alicyclic amines) is 1. The van der Waals surface area contributed by atoms with Crippen molar-refractivity contribution in [3.05, 3.63) is 60.0 Å². The number of pyridine rings is 1. The number of fused-ring (bicyclic) bond motifs is 1. The second-order valence-electron chi connectivity index (χ2n) is 10.1. The number of ether oxygens (including phenoxy) is 1. The van der Waals surface area contributed by atoms with Crippen LogP contribution in [0.4, 0.5) is 4.39 Å². The molecule has 1 N–H and O–H groups in total. The van der Waals surface area contributed by atoms with Crippen molar-refractivity contribution in [1.82, 2.24) is 14.5 Å². The van der Waals surface area contributed by atoms with Crippen LogP contribution in [0.15, 0.2) is 48.8 Å². The highest BCUT2D eigenvalue weighted by Crippen LogP contribution is 2.36. The van der Waals surface area contributed by atoms with Crippen LogP contribution in [-0.2, 0) is 18.3 Å². The lowest BCUT2D eigenvalue weighted by Crippen LogP contribution is -2.41. The molecule has 36 heavy (non-hydrogen) atoms. The Balaban J connectivity index is 1.36. The molecule has 0 saturated carbocycles. The van der Waals surface area contributed by atoms with Crippen LogP contribution in [0.2, 0.25) is 0 Å². The number of nitrogens with zero attached hydrogens (tertiary/aromatic N) is 3. The zero-order valence-electron chi connectivity index (χ0n) is 21.4. The number of rotatable bonds is 12. The van der Waals surface area contributed by atoms with E-state index in [0.29, 0.717) is 30.1 Å². The van der Waals surface area contributed by atoms with Crippen LogP contribution in [0.3, 0.4) is 0 Å². The molecule has 1 aliphatic heterocycles. The van der Waals surface area contributed by atoms with Crippen LogP contribution in [0, 0.1) is 11.8 Å². The van der Waals surface area contributed by atoms with Crippen molar-refractivity contribution in [2.75, 3.05) is 26.7 Å². The SMILES string of the molecule is COc1ccc2nccc([C@@H](F)CCC3CCN(CCCc4cccn4C)CC3CCC(=O)O)c2c1. The topological polar surface area (TPSA) is 67.6 Å². The normalized spacial score (nSPS) is 19.4. The van der Waals surface area contributed by atoms with Gasteiger partial charge in [-0.25, -0.2) is 4.39 Å². The van der Waals surface area contributed by atoms with Gasteiger partial charge in [0.15, 0.2) is 0 Å². The first-order valence-electron chi connectivity index (χ1n) is 13.1. The maximum atomic E-state index is 15.5. The predicted molar refractivity (Wildman–Crippen MR) is 140 cm³/mol. The van der Waals surface area contributed by atoms with Crippen LogP contribution >= 0.6 is 0 Å². The molecule has 4 rings (SSSR count). The van der Waals surface area contributed by atoms with E-state index in [4.69, 9.17) is 4.74 Å². The molecule has 2 aromatic heterocycles. The van der Waals surface area contributed by atoms with E-state index in [0.717, 1.165) is 56.2 Å². The Labute approximate surface area is 213 Å². The summed E-state index contributed by atoms with van der Waals surface area (Å²) in [7, 11) is 3.68. The summed E-state index contributed by atoms with van der Waals surface area (Å²) in [4.78, 5) is 18.1. The number of aromatic nitrogens is 2. The van der Waals surface area contributed by atoms with E-state index < -0.39 is 12.1 Å². The molecule has 2 unspecified atom stereocenters. The Hall–Kier alpha value is -2.93. The predicted octanol–water partition coefficient (Wildman–Crippen LogP) is 5.81. The quantitative estimate of drug-likeness (QED) is 0.344. The Morgan fingerprint density at radius 1 is 1.25 bits per heavy atom. The number of carbonyl (C=O) groups is 1. The smallest absolute Gasteiger partial charge is 0.303 e. The standard InChI is InChI=1S/C29H38FN3O3/c1-32-16-3-5-23(32)6-4-17-33-18-14-21(22(20-33)8-12-29(34)35)7-10-27(30)25-13-15-31-28-11-9-24(36-2)19-26(25)28/h3,5,9,11,13,15-16,19,21-22,27H,4,6-8,10,12,14,17-18,20H2,1-2H3,(H,34,35)/t21?,22?,27-/m0/s1. The summed E-state index contributed by atoms with van der Waals surface area (Å²) < 4.78 is 23.0. The fourth-order valence-corrected chi connectivity index (χ4v) is 5.68. The van der Waals surface area contributed by atoms with Gasteiger partial charge in [-0.3, -0.25) is 9.78 Å². The number of alkyl halides is 1. The summed E-state index contributed by atoms with van der Waals surface area (Å²) in [5.41, 5.74) is 2.75. The van der Waals surface area contributed by atoms with E-state index in [9.17, 15) is 9.90 Å². The number of aliphatic carboxylic acids is 1. The molecule has 1 aliphatic rings. The van der Waals surface area contributed by atoms with Gasteiger partial charge in [-0.15, -0.1) is 0 Å². The monoisotopic (exact) mass is 495 g/mol. The molecule has 1 aromatic carbocycles. The van der Waals surface area contributed by atoms with E-state index in [1.54, 1.807) is 19.4 Å². The largest absolute Gasteiger partial charge is 0.497 e. The first-order chi connectivity index (χ1) is 17.4. The van der Waals surface area contributed by atoms with Crippen LogP contribution < -0.4 is 4.74 Å². The van der Waals surface area contributed by atoms with Crippen LogP contribution in [0.1, 0.15) is 56.0 Å². The number of benzene rings is 1. The Morgan fingerprint density at radius 2 is 2.11 bits per heavy atom. The zero-order valence-corrected chi connectivity index (χ0v) is 21.4. The molecule has 0 aliphatic carbocycles. The van der Waals surface area contributed by atoms with Crippen LogP contribution in [-0.4, -0.2) is 52.3 Å². The average Bonchev–Trinajstić information content (AvgIpc) is 3.30. The minimum Gasteiger partial charge on any atom is -0.497 e. The molecule has 3 heterocycles. The number of aryl methyl sites for hydroxylation is 2. The van der Waals surface area contributed by atoms with E-state index in [-0.39, 0.29) is 12.3 Å². The molecule has 0 radical (unpaired) electrons. The Kier molecular flexibility index (Phi) is 8.97. The molecule has 1 fully saturated rings. The lowest BCUT2D eigenvalue weighted by molar-refractivity contribution is -0.137. The van der Waals surface area contributed by atoms with Gasteiger partial charge in [-0.2, -0.15) is 0 Å². The molecule has 1 saturated heterocycles. The van der Waals surface area contributed by atoms with Crippen molar-refractivity contribution >= 4 is 16.9 Å². The number of hydrogen-bond donors (Lipinski definition) is 1. The third-order valence-corrected chi connectivity index (χ3v) is 7.77. The number of halogens is 1. The van der Waals surface area contributed by atoms with Gasteiger partial charge >= 0.3 is 5.97 Å². The van der Waals surface area contributed by atoms with E-state index in [1.165, 1.54) is 5.69 Å². The molecule has 0 amide bonds. The van der Waals surface area contributed by atoms with E-state index in [2.05, 4.69) is 39.8 Å². The van der Waals surface area contributed by atoms with E-state index in [1.807, 2.05) is 18.2 Å². The fraction of sp³-hybridized carbons (Fsp3) is 0.517. The van der Waals surface area contributed by atoms with Crippen LogP contribution in [0.25, 0.3) is 10.9 Å². The number of hydrogen-bond acceptors (Lipinski definition) is 4. The van der Waals surface area contributed by atoms with Crippen molar-refractivity contribution in [3.63, 3.8) is 0 Å². The maximum Gasteiger partial charge on any atom is 0.303 e. The van der Waals surface area contributed by atoms with Gasteiger partial charge < -0.3 is 19.3 Å². The third-order valence-electron chi connectivity index (χ3n) is 7.77. The first kappa shape index (κ1) is 26.1. The second-order valence-corrected chi connectivity index (χ2v) is 10.1. The third kappa shape index (κ3) is 6.64. The van der Waals surface area contributed by atoms with Gasteiger partial charge in [0, 0.05) is 43.5 Å². The Bertz CT molecular complexity index is 1150. The number of carboxylic acids is 1. The summed E-state index contributed by atoms with van der Waals surface area (Å²) in [6.07, 6.45) is 7.78. The number of piperidine rings is 1. The minimum absolute atomic E-state index is 0.173. The Morgan fingerprint density at radius 3 is 2.86 bits per heavy atom. The first-order valence-corrected chi connectivity index (χ1v) is 13.1. The molecule has 3 aromatic rings. The molecule has 6 nitrogen and oxygen atoms in total. The summed E-state index contributed by atoms with van der Waals surface area (Å²) in [5.74, 6) is 0.563. The highest BCUT2D eigenvalue weighted by atomic mass is 19.1. The molecule has 3 atom stereocenters. The molecular formula is C29H38FN3O3. The van der Waals surface area contributed by atoms with Crippen LogP contribution in [0.5, 0.6) is 5.75 Å². The van der Waals surface area contributed by atoms with Crippen molar-refractivity contribution in [2.45, 2.75) is 51.1 Å². The highest BCUT2D eigenvalue weighted by Gasteiger charge is 2.30. The van der Waals surface area contributed by atoms with Gasteiger partial charge in [0.1, 0.15) is 11.9 Å². The minimum atomic E-state index is -1.09. The van der Waals surface area contributed by atoms with Crippen molar-refractivity contribution < 1.29 is 19.0 Å². The van der Waals surface area contributed by atoms with Gasteiger partial charge in [-0.05, 0) is 105 Å². The number of carboxylic acid groups (broad SMARTS) is 1. The van der Waals surface area contributed by atoms with Crippen molar-refractivity contribution in [2.24, 2.45) is 18.9 Å². The fourth-order valence-electron chi connectivity index (χ4n) is 5.68. The lowest BCUT2D eigenvalue weighted by atomic mass is 9.79. The molecule has 7 heteroatoms. The lowest BCUT2D eigenvalue weighted by Gasteiger charge is -2.39. The molecule has 0 spiro atoms. The second kappa shape index (κ2) is 12.3. The van der Waals surface area contributed by atoms with Crippen molar-refractivity contribution in [1.29, 1.82) is 0 Å². The van der Waals surface area contributed by atoms with Gasteiger partial charge in [0.2, 0.25) is 0 Å². The van der Waals surface area contributed by atoms with Crippen molar-refractivity contribution in [3.8, 4) is 5.75 Å². The molecule has 0 bridgehead atoms. The maximum absolute atomic E-state index is 15.5. The molecule has 194 valence electrons. The zero-order chi connectivity index (χ0) is 25.5. The average molecular weight is 496 g/mol. The molecular weight excluding hydrogens is 457 g/mol. The van der Waals surface area contributed by atoms with Gasteiger partial charge in [0.05, 0.1) is 12.6 Å². The summed E-state index contributed by atoms with van der Waals surface area (Å²) in [5, 5.41) is 10.1. The summed E-state index contributed by atoms with van der Waals surface area (Å²) in [6, 6.07) is 11.6.